The summed E-state index contributed by atoms with van der Waals surface area (Å²) >= 11 is 0. The second kappa shape index (κ2) is 6.55. The number of aliphatic hydroxyl groups excluding tert-OH is 1. The first-order valence-electron chi connectivity index (χ1n) is 7.08. The Hall–Kier alpha value is -1.78. The number of halogens is 3. The van der Waals surface area contributed by atoms with Gasteiger partial charge in [0.15, 0.2) is 0 Å². The highest BCUT2D eigenvalue weighted by Gasteiger charge is 2.35. The van der Waals surface area contributed by atoms with Crippen molar-refractivity contribution in [2.75, 3.05) is 37.6 Å². The number of nitrogens with zero attached hydrogens (tertiary/aromatic N) is 3. The van der Waals surface area contributed by atoms with Crippen molar-refractivity contribution in [3.63, 3.8) is 0 Å². The van der Waals surface area contributed by atoms with E-state index < -0.39 is 17.8 Å². The summed E-state index contributed by atoms with van der Waals surface area (Å²) in [5.74, 6) is 0. The molecule has 120 valence electrons. The van der Waals surface area contributed by atoms with E-state index in [9.17, 15) is 18.3 Å². The molecule has 1 aromatic rings. The maximum atomic E-state index is 13.1. The van der Waals surface area contributed by atoms with Crippen LogP contribution in [-0.4, -0.2) is 48.8 Å². The van der Waals surface area contributed by atoms with Crippen LogP contribution in [0.3, 0.4) is 0 Å². The average molecular weight is 313 g/mol. The molecule has 1 aliphatic heterocycles. The molecule has 1 heterocycles. The number of hydrogen-bond donors (Lipinski definition) is 1. The Kier molecular flexibility index (Phi) is 4.94. The molecular weight excluding hydrogens is 295 g/mol. The molecule has 0 unspecified atom stereocenters. The normalized spacial score (nSPS) is 18.1. The Morgan fingerprint density at radius 3 is 2.41 bits per heavy atom. The van der Waals surface area contributed by atoms with Gasteiger partial charge in [-0.3, -0.25) is 4.90 Å². The van der Waals surface area contributed by atoms with Crippen LogP contribution >= 0.6 is 0 Å². The summed E-state index contributed by atoms with van der Waals surface area (Å²) in [5.41, 5.74) is -0.437. The lowest BCUT2D eigenvalue weighted by molar-refractivity contribution is -0.137. The Morgan fingerprint density at radius 1 is 1.27 bits per heavy atom. The third-order valence-electron chi connectivity index (χ3n) is 3.67. The van der Waals surface area contributed by atoms with Gasteiger partial charge in [-0.2, -0.15) is 18.4 Å². The van der Waals surface area contributed by atoms with Gasteiger partial charge in [0.25, 0.3) is 0 Å². The smallest absolute Gasteiger partial charge is 0.392 e. The fourth-order valence-electron chi connectivity index (χ4n) is 2.65. The molecule has 0 bridgehead atoms. The van der Waals surface area contributed by atoms with Crippen LogP contribution in [0.4, 0.5) is 18.9 Å². The fourth-order valence-corrected chi connectivity index (χ4v) is 2.65. The summed E-state index contributed by atoms with van der Waals surface area (Å²) in [6.45, 7) is 4.23. The molecule has 1 atom stereocenters. The predicted octanol–water partition coefficient (Wildman–Crippen LogP) is 2.08. The van der Waals surface area contributed by atoms with Gasteiger partial charge in [0.2, 0.25) is 0 Å². The Balaban J connectivity index is 2.20. The van der Waals surface area contributed by atoms with E-state index >= 15 is 0 Å². The van der Waals surface area contributed by atoms with Gasteiger partial charge in [0.1, 0.15) is 0 Å². The third kappa shape index (κ3) is 3.90. The van der Waals surface area contributed by atoms with E-state index in [1.54, 1.807) is 11.8 Å². The summed E-state index contributed by atoms with van der Waals surface area (Å²) in [5, 5.41) is 18.3. The van der Waals surface area contributed by atoms with Crippen LogP contribution < -0.4 is 4.90 Å². The Bertz CT molecular complexity index is 558. The molecule has 0 saturated carbocycles. The fraction of sp³-hybridized carbons (Fsp3) is 0.533. The van der Waals surface area contributed by atoms with E-state index in [0.29, 0.717) is 32.7 Å². The number of anilines is 1. The van der Waals surface area contributed by atoms with Crippen molar-refractivity contribution in [3.05, 3.63) is 29.3 Å². The zero-order valence-corrected chi connectivity index (χ0v) is 12.3. The van der Waals surface area contributed by atoms with Crippen LogP contribution in [0.15, 0.2) is 18.2 Å². The minimum atomic E-state index is -4.44. The minimum absolute atomic E-state index is 0.0586. The van der Waals surface area contributed by atoms with Gasteiger partial charge < -0.3 is 10.0 Å². The molecule has 0 amide bonds. The molecular formula is C15H18F3N3O. The van der Waals surface area contributed by atoms with Crippen molar-refractivity contribution < 1.29 is 18.3 Å². The average Bonchev–Trinajstić information content (AvgIpc) is 2.46. The van der Waals surface area contributed by atoms with Crippen molar-refractivity contribution in [1.82, 2.24) is 4.90 Å². The van der Waals surface area contributed by atoms with E-state index in [4.69, 9.17) is 5.26 Å². The summed E-state index contributed by atoms with van der Waals surface area (Å²) in [6.07, 6.45) is -4.90. The molecule has 0 aliphatic carbocycles. The molecule has 0 radical (unpaired) electrons. The minimum Gasteiger partial charge on any atom is -0.392 e. The number of hydrogen-bond acceptors (Lipinski definition) is 4. The zero-order valence-electron chi connectivity index (χ0n) is 12.3. The van der Waals surface area contributed by atoms with Gasteiger partial charge in [-0.05, 0) is 25.1 Å². The molecule has 1 saturated heterocycles. The zero-order chi connectivity index (χ0) is 16.3. The first kappa shape index (κ1) is 16.6. The van der Waals surface area contributed by atoms with E-state index in [1.165, 1.54) is 12.1 Å². The maximum absolute atomic E-state index is 13.1. The van der Waals surface area contributed by atoms with E-state index in [0.717, 1.165) is 6.07 Å². The van der Waals surface area contributed by atoms with Crippen molar-refractivity contribution in [2.45, 2.75) is 19.2 Å². The lowest BCUT2D eigenvalue weighted by Gasteiger charge is -2.37. The number of piperazine rings is 1. The standard InChI is InChI=1S/C15H18F3N3O/c1-11(22)10-20-4-6-21(7-5-20)14-8-12(9-19)2-3-13(14)15(16,17)18/h2-3,8,11,22H,4-7,10H2,1H3/t11-/m1/s1. The van der Waals surface area contributed by atoms with Gasteiger partial charge in [0, 0.05) is 32.7 Å². The number of β-amino-alcohol motifs (C(OH)–C–C–N with tert-alkyl or cyclic N) is 1. The molecule has 2 rings (SSSR count). The Morgan fingerprint density at radius 2 is 1.91 bits per heavy atom. The molecule has 1 aliphatic rings. The second-order valence-electron chi connectivity index (χ2n) is 5.48. The molecule has 1 fully saturated rings. The van der Waals surface area contributed by atoms with E-state index in [-0.39, 0.29) is 11.3 Å². The molecule has 1 aromatic carbocycles. The predicted molar refractivity (Wildman–Crippen MR) is 76.5 cm³/mol. The summed E-state index contributed by atoms with van der Waals surface area (Å²) in [4.78, 5) is 3.67. The summed E-state index contributed by atoms with van der Waals surface area (Å²) < 4.78 is 39.4. The largest absolute Gasteiger partial charge is 0.418 e. The summed E-state index contributed by atoms with van der Waals surface area (Å²) in [6, 6.07) is 5.34. The highest BCUT2D eigenvalue weighted by atomic mass is 19.4. The van der Waals surface area contributed by atoms with Gasteiger partial charge in [0.05, 0.1) is 29.0 Å². The van der Waals surface area contributed by atoms with Crippen LogP contribution in [-0.2, 0) is 6.18 Å². The van der Waals surface area contributed by atoms with Gasteiger partial charge in [-0.25, -0.2) is 0 Å². The molecule has 1 N–H and O–H groups in total. The monoisotopic (exact) mass is 313 g/mol. The van der Waals surface area contributed by atoms with E-state index in [2.05, 4.69) is 0 Å². The third-order valence-corrected chi connectivity index (χ3v) is 3.67. The van der Waals surface area contributed by atoms with Crippen LogP contribution in [0.2, 0.25) is 0 Å². The van der Waals surface area contributed by atoms with Crippen molar-refractivity contribution >= 4 is 5.69 Å². The molecule has 0 spiro atoms. The van der Waals surface area contributed by atoms with Crippen LogP contribution in [0.25, 0.3) is 0 Å². The van der Waals surface area contributed by atoms with Crippen LogP contribution in [0, 0.1) is 11.3 Å². The lowest BCUT2D eigenvalue weighted by atomic mass is 10.1. The number of rotatable bonds is 3. The highest BCUT2D eigenvalue weighted by molar-refractivity contribution is 5.59. The first-order valence-corrected chi connectivity index (χ1v) is 7.08. The van der Waals surface area contributed by atoms with Crippen molar-refractivity contribution in [3.8, 4) is 6.07 Å². The highest BCUT2D eigenvalue weighted by Crippen LogP contribution is 2.37. The van der Waals surface area contributed by atoms with E-state index in [1.807, 2.05) is 11.0 Å². The summed E-state index contributed by atoms with van der Waals surface area (Å²) in [7, 11) is 0. The number of benzene rings is 1. The SMILES string of the molecule is C[C@@H](O)CN1CCN(c2cc(C#N)ccc2C(F)(F)F)CC1. The molecule has 4 nitrogen and oxygen atoms in total. The number of alkyl halides is 3. The van der Waals surface area contributed by atoms with Gasteiger partial charge in [-0.15, -0.1) is 0 Å². The molecule has 7 heteroatoms. The van der Waals surface area contributed by atoms with Crippen molar-refractivity contribution in [1.29, 1.82) is 5.26 Å². The van der Waals surface area contributed by atoms with Gasteiger partial charge in [-0.1, -0.05) is 0 Å². The second-order valence-corrected chi connectivity index (χ2v) is 5.48. The van der Waals surface area contributed by atoms with Crippen LogP contribution in [0.1, 0.15) is 18.1 Å². The molecule has 0 aromatic heterocycles. The molecule has 22 heavy (non-hydrogen) atoms. The quantitative estimate of drug-likeness (QED) is 0.928. The van der Waals surface area contributed by atoms with Gasteiger partial charge >= 0.3 is 6.18 Å². The van der Waals surface area contributed by atoms with Crippen LogP contribution in [0.5, 0.6) is 0 Å². The lowest BCUT2D eigenvalue weighted by Crippen LogP contribution is -2.48. The number of nitriles is 1. The topological polar surface area (TPSA) is 50.5 Å². The first-order chi connectivity index (χ1) is 10.3. The van der Waals surface area contributed by atoms with Crippen molar-refractivity contribution in [2.24, 2.45) is 0 Å². The number of aliphatic hydroxyl groups is 1. The maximum Gasteiger partial charge on any atom is 0.418 e. The Labute approximate surface area is 127 Å².